The number of carbonyl (C=O) groups is 3. The number of amides is 2. The maximum absolute atomic E-state index is 11.9. The van der Waals surface area contributed by atoms with Crippen molar-refractivity contribution in [3.8, 4) is 0 Å². The predicted molar refractivity (Wildman–Crippen MR) is 66.5 cm³/mol. The van der Waals surface area contributed by atoms with E-state index < -0.39 is 23.2 Å². The highest BCUT2D eigenvalue weighted by atomic mass is 16.4. The SMILES string of the molecule is CC(C)(CNC(=O)c1ccncc1C(=O)O)C(N)=O. The van der Waals surface area contributed by atoms with E-state index in [2.05, 4.69) is 10.3 Å². The zero-order chi connectivity index (χ0) is 14.6. The van der Waals surface area contributed by atoms with Crippen LogP contribution in [-0.4, -0.2) is 34.4 Å². The van der Waals surface area contributed by atoms with Crippen LogP contribution in [0.25, 0.3) is 0 Å². The van der Waals surface area contributed by atoms with Gasteiger partial charge in [0.1, 0.15) is 0 Å². The van der Waals surface area contributed by atoms with E-state index in [4.69, 9.17) is 10.8 Å². The number of hydrogen-bond acceptors (Lipinski definition) is 4. The van der Waals surface area contributed by atoms with Crippen LogP contribution in [0.3, 0.4) is 0 Å². The highest BCUT2D eigenvalue weighted by Crippen LogP contribution is 2.13. The Morgan fingerprint density at radius 1 is 1.37 bits per heavy atom. The van der Waals surface area contributed by atoms with Gasteiger partial charge in [-0.2, -0.15) is 0 Å². The Hall–Kier alpha value is -2.44. The van der Waals surface area contributed by atoms with Crippen molar-refractivity contribution in [2.45, 2.75) is 13.8 Å². The van der Waals surface area contributed by atoms with E-state index in [9.17, 15) is 14.4 Å². The molecule has 0 fully saturated rings. The molecule has 19 heavy (non-hydrogen) atoms. The third kappa shape index (κ3) is 3.51. The zero-order valence-electron chi connectivity index (χ0n) is 10.6. The molecule has 0 aliphatic carbocycles. The van der Waals surface area contributed by atoms with Gasteiger partial charge in [0.2, 0.25) is 5.91 Å². The van der Waals surface area contributed by atoms with Crippen molar-refractivity contribution in [3.63, 3.8) is 0 Å². The van der Waals surface area contributed by atoms with Crippen LogP contribution in [0, 0.1) is 5.41 Å². The summed E-state index contributed by atoms with van der Waals surface area (Å²) >= 11 is 0. The summed E-state index contributed by atoms with van der Waals surface area (Å²) in [6.45, 7) is 3.18. The Balaban J connectivity index is 2.86. The number of carboxylic acid groups (broad SMARTS) is 1. The van der Waals surface area contributed by atoms with Gasteiger partial charge >= 0.3 is 5.97 Å². The highest BCUT2D eigenvalue weighted by Gasteiger charge is 2.26. The average molecular weight is 265 g/mol. The summed E-state index contributed by atoms with van der Waals surface area (Å²) in [6, 6.07) is 1.30. The molecule has 0 unspecified atom stereocenters. The van der Waals surface area contributed by atoms with Crippen LogP contribution in [0.15, 0.2) is 18.5 Å². The first-order valence-corrected chi connectivity index (χ1v) is 5.51. The Labute approximate surface area is 109 Å². The van der Waals surface area contributed by atoms with Crippen molar-refractivity contribution in [1.29, 1.82) is 0 Å². The van der Waals surface area contributed by atoms with E-state index in [1.165, 1.54) is 12.3 Å². The van der Waals surface area contributed by atoms with Crippen molar-refractivity contribution >= 4 is 17.8 Å². The minimum Gasteiger partial charge on any atom is -0.478 e. The van der Waals surface area contributed by atoms with Gasteiger partial charge in [-0.15, -0.1) is 0 Å². The van der Waals surface area contributed by atoms with Gasteiger partial charge in [-0.05, 0) is 19.9 Å². The first kappa shape index (κ1) is 14.6. The predicted octanol–water partition coefficient (Wildman–Crippen LogP) is 0.0211. The molecular weight excluding hydrogens is 250 g/mol. The number of aromatic carboxylic acids is 1. The van der Waals surface area contributed by atoms with Crippen molar-refractivity contribution < 1.29 is 19.5 Å². The molecule has 7 nitrogen and oxygen atoms in total. The third-order valence-electron chi connectivity index (χ3n) is 2.65. The second-order valence-corrected chi connectivity index (χ2v) is 4.66. The number of primary amides is 1. The number of hydrogen-bond donors (Lipinski definition) is 3. The molecule has 102 valence electrons. The van der Waals surface area contributed by atoms with E-state index >= 15 is 0 Å². The van der Waals surface area contributed by atoms with Crippen LogP contribution in [0.5, 0.6) is 0 Å². The average Bonchev–Trinajstić information content (AvgIpc) is 2.35. The van der Waals surface area contributed by atoms with Crippen LogP contribution in [0.1, 0.15) is 34.6 Å². The fourth-order valence-electron chi connectivity index (χ4n) is 1.25. The quantitative estimate of drug-likeness (QED) is 0.692. The number of pyridine rings is 1. The lowest BCUT2D eigenvalue weighted by atomic mass is 9.92. The molecule has 0 atom stereocenters. The second-order valence-electron chi connectivity index (χ2n) is 4.66. The molecule has 0 aliphatic rings. The molecule has 0 bridgehead atoms. The molecule has 0 aromatic carbocycles. The standard InChI is InChI=1S/C12H15N3O4/c1-12(2,11(13)19)6-15-9(16)7-3-4-14-5-8(7)10(17)18/h3-5H,6H2,1-2H3,(H2,13,19)(H,15,16)(H,17,18). The number of carbonyl (C=O) groups excluding carboxylic acids is 2. The number of aromatic nitrogens is 1. The van der Waals surface area contributed by atoms with Crippen molar-refractivity contribution in [3.05, 3.63) is 29.6 Å². The van der Waals surface area contributed by atoms with Gasteiger partial charge in [0, 0.05) is 18.9 Å². The van der Waals surface area contributed by atoms with Crippen LogP contribution >= 0.6 is 0 Å². The molecule has 0 radical (unpaired) electrons. The monoisotopic (exact) mass is 265 g/mol. The molecule has 4 N–H and O–H groups in total. The fourth-order valence-corrected chi connectivity index (χ4v) is 1.25. The summed E-state index contributed by atoms with van der Waals surface area (Å²) in [5.74, 6) is -2.39. The summed E-state index contributed by atoms with van der Waals surface area (Å²) in [7, 11) is 0. The van der Waals surface area contributed by atoms with E-state index in [-0.39, 0.29) is 17.7 Å². The lowest BCUT2D eigenvalue weighted by Gasteiger charge is -2.20. The summed E-state index contributed by atoms with van der Waals surface area (Å²) in [5.41, 5.74) is 4.06. The molecule has 0 spiro atoms. The van der Waals surface area contributed by atoms with Crippen LogP contribution in [0.4, 0.5) is 0 Å². The van der Waals surface area contributed by atoms with Gasteiger partial charge in [-0.25, -0.2) is 4.79 Å². The summed E-state index contributed by atoms with van der Waals surface area (Å²) in [5, 5.41) is 11.4. The number of nitrogens with one attached hydrogen (secondary N) is 1. The van der Waals surface area contributed by atoms with E-state index in [1.54, 1.807) is 13.8 Å². The topological polar surface area (TPSA) is 122 Å². The van der Waals surface area contributed by atoms with Crippen molar-refractivity contribution in [2.24, 2.45) is 11.1 Å². The minimum atomic E-state index is -1.24. The van der Waals surface area contributed by atoms with Gasteiger partial charge in [0.25, 0.3) is 5.91 Å². The highest BCUT2D eigenvalue weighted by molar-refractivity contribution is 6.04. The first-order valence-electron chi connectivity index (χ1n) is 5.51. The molecule has 1 heterocycles. The maximum atomic E-state index is 11.9. The van der Waals surface area contributed by atoms with Crippen LogP contribution < -0.4 is 11.1 Å². The molecular formula is C12H15N3O4. The molecule has 0 aliphatic heterocycles. The molecule has 7 heteroatoms. The minimum absolute atomic E-state index is 0.0113. The fraction of sp³-hybridized carbons (Fsp3) is 0.333. The summed E-state index contributed by atoms with van der Waals surface area (Å²) in [4.78, 5) is 37.6. The number of rotatable bonds is 5. The van der Waals surface area contributed by atoms with E-state index in [0.29, 0.717) is 0 Å². The molecule has 2 amide bonds. The maximum Gasteiger partial charge on any atom is 0.338 e. The Bertz CT molecular complexity index is 525. The van der Waals surface area contributed by atoms with Gasteiger partial charge in [-0.3, -0.25) is 14.6 Å². The zero-order valence-corrected chi connectivity index (χ0v) is 10.6. The largest absolute Gasteiger partial charge is 0.478 e. The van der Waals surface area contributed by atoms with Gasteiger partial charge in [-0.1, -0.05) is 0 Å². The van der Waals surface area contributed by atoms with Gasteiger partial charge < -0.3 is 16.2 Å². The van der Waals surface area contributed by atoms with Crippen LogP contribution in [0.2, 0.25) is 0 Å². The summed E-state index contributed by atoms with van der Waals surface area (Å²) in [6.07, 6.45) is 2.41. The number of nitrogens with two attached hydrogens (primary N) is 1. The molecule has 1 aromatic heterocycles. The molecule has 1 rings (SSSR count). The first-order chi connectivity index (χ1) is 8.75. The van der Waals surface area contributed by atoms with Crippen molar-refractivity contribution in [1.82, 2.24) is 10.3 Å². The lowest BCUT2D eigenvalue weighted by molar-refractivity contribution is -0.125. The van der Waals surface area contributed by atoms with Crippen LogP contribution in [-0.2, 0) is 4.79 Å². The van der Waals surface area contributed by atoms with Gasteiger partial charge in [0.05, 0.1) is 16.5 Å². The normalized spacial score (nSPS) is 10.8. The summed E-state index contributed by atoms with van der Waals surface area (Å²) < 4.78 is 0. The van der Waals surface area contributed by atoms with E-state index in [1.807, 2.05) is 0 Å². The lowest BCUT2D eigenvalue weighted by Crippen LogP contribution is -2.42. The Kier molecular flexibility index (Phi) is 4.21. The second kappa shape index (κ2) is 5.47. The number of nitrogens with zero attached hydrogens (tertiary/aromatic N) is 1. The third-order valence-corrected chi connectivity index (χ3v) is 2.65. The van der Waals surface area contributed by atoms with E-state index in [0.717, 1.165) is 6.20 Å². The smallest absolute Gasteiger partial charge is 0.338 e. The molecule has 1 aromatic rings. The Morgan fingerprint density at radius 3 is 2.53 bits per heavy atom. The molecule has 0 saturated carbocycles. The Morgan fingerprint density at radius 2 is 2.00 bits per heavy atom. The van der Waals surface area contributed by atoms with Gasteiger partial charge in [0.15, 0.2) is 0 Å². The number of carboxylic acids is 1. The van der Waals surface area contributed by atoms with Crippen molar-refractivity contribution in [2.75, 3.05) is 6.54 Å². The molecule has 0 saturated heterocycles.